The summed E-state index contributed by atoms with van der Waals surface area (Å²) in [5.74, 6) is 0.925. The first-order chi connectivity index (χ1) is 13.8. The van der Waals surface area contributed by atoms with E-state index in [2.05, 4.69) is 20.8 Å². The molecule has 8 heteroatoms. The maximum absolute atomic E-state index is 12.2. The third-order valence-corrected chi connectivity index (χ3v) is 4.08. The molecule has 152 valence electrons. The number of rotatable bonds is 7. The lowest BCUT2D eigenvalue weighted by Crippen LogP contribution is -2.14. The summed E-state index contributed by atoms with van der Waals surface area (Å²) in [5, 5.41) is 9.53. The van der Waals surface area contributed by atoms with E-state index in [0.717, 1.165) is 0 Å². The van der Waals surface area contributed by atoms with E-state index in [1.807, 2.05) is 20.8 Å². The van der Waals surface area contributed by atoms with Gasteiger partial charge in [0.25, 0.3) is 5.91 Å². The number of benzene rings is 1. The number of amides is 2. The van der Waals surface area contributed by atoms with E-state index < -0.39 is 0 Å². The summed E-state index contributed by atoms with van der Waals surface area (Å²) in [6.07, 6.45) is 2.88. The van der Waals surface area contributed by atoms with Crippen molar-refractivity contribution in [2.45, 2.75) is 45.4 Å². The second kappa shape index (κ2) is 8.72. The number of furan rings is 1. The van der Waals surface area contributed by atoms with Crippen LogP contribution in [0.3, 0.4) is 0 Å². The van der Waals surface area contributed by atoms with Gasteiger partial charge in [0.05, 0.1) is 6.26 Å². The number of anilines is 2. The Morgan fingerprint density at radius 1 is 1.07 bits per heavy atom. The normalized spacial score (nSPS) is 11.3. The molecule has 0 saturated heterocycles. The zero-order valence-corrected chi connectivity index (χ0v) is 16.7. The SMILES string of the molecule is CC(C)(C)c1noc(CCCC(=O)Nc2cccc(NC(=O)c3ccco3)c2)n1. The van der Waals surface area contributed by atoms with E-state index in [9.17, 15) is 9.59 Å². The van der Waals surface area contributed by atoms with Crippen LogP contribution in [0.1, 0.15) is 55.9 Å². The Morgan fingerprint density at radius 3 is 2.48 bits per heavy atom. The molecule has 0 radical (unpaired) electrons. The average Bonchev–Trinajstić information content (AvgIpc) is 3.34. The summed E-state index contributed by atoms with van der Waals surface area (Å²) in [4.78, 5) is 28.6. The Morgan fingerprint density at radius 2 is 1.83 bits per heavy atom. The number of nitrogens with one attached hydrogen (secondary N) is 2. The van der Waals surface area contributed by atoms with E-state index in [-0.39, 0.29) is 23.0 Å². The van der Waals surface area contributed by atoms with E-state index >= 15 is 0 Å². The molecule has 2 amide bonds. The number of aryl methyl sites for hydroxylation is 1. The van der Waals surface area contributed by atoms with Crippen molar-refractivity contribution in [1.29, 1.82) is 0 Å². The molecule has 2 N–H and O–H groups in total. The molecular weight excluding hydrogens is 372 g/mol. The van der Waals surface area contributed by atoms with Gasteiger partial charge in [0.15, 0.2) is 11.6 Å². The summed E-state index contributed by atoms with van der Waals surface area (Å²) in [6, 6.07) is 10.2. The minimum atomic E-state index is -0.354. The summed E-state index contributed by atoms with van der Waals surface area (Å²) >= 11 is 0. The summed E-state index contributed by atoms with van der Waals surface area (Å²) in [5.41, 5.74) is 0.987. The summed E-state index contributed by atoms with van der Waals surface area (Å²) in [6.45, 7) is 6.04. The molecular formula is C21H24N4O4. The first kappa shape index (κ1) is 20.3. The van der Waals surface area contributed by atoms with Gasteiger partial charge < -0.3 is 19.6 Å². The van der Waals surface area contributed by atoms with Gasteiger partial charge in [-0.15, -0.1) is 0 Å². The highest BCUT2D eigenvalue weighted by Crippen LogP contribution is 2.19. The number of hydrogen-bond donors (Lipinski definition) is 2. The molecule has 0 unspecified atom stereocenters. The van der Waals surface area contributed by atoms with Gasteiger partial charge in [0, 0.05) is 29.6 Å². The van der Waals surface area contributed by atoms with E-state index in [1.165, 1.54) is 6.26 Å². The number of hydrogen-bond acceptors (Lipinski definition) is 6. The number of aromatic nitrogens is 2. The van der Waals surface area contributed by atoms with Gasteiger partial charge in [0.2, 0.25) is 11.8 Å². The molecule has 0 aliphatic heterocycles. The van der Waals surface area contributed by atoms with Crippen LogP contribution in [0.15, 0.2) is 51.6 Å². The predicted octanol–water partition coefficient (Wildman–Crippen LogP) is 4.17. The van der Waals surface area contributed by atoms with Crippen LogP contribution in [-0.4, -0.2) is 22.0 Å². The van der Waals surface area contributed by atoms with Gasteiger partial charge in [-0.1, -0.05) is 32.0 Å². The molecule has 0 fully saturated rings. The van der Waals surface area contributed by atoms with Crippen molar-refractivity contribution in [3.63, 3.8) is 0 Å². The smallest absolute Gasteiger partial charge is 0.291 e. The fraction of sp³-hybridized carbons (Fsp3) is 0.333. The fourth-order valence-corrected chi connectivity index (χ4v) is 2.56. The lowest BCUT2D eigenvalue weighted by Gasteiger charge is -2.10. The predicted molar refractivity (Wildman–Crippen MR) is 108 cm³/mol. The van der Waals surface area contributed by atoms with Crippen molar-refractivity contribution in [2.75, 3.05) is 10.6 Å². The Bertz CT molecular complexity index is 971. The highest BCUT2D eigenvalue weighted by Gasteiger charge is 2.20. The van der Waals surface area contributed by atoms with Crippen molar-refractivity contribution < 1.29 is 18.5 Å². The van der Waals surface area contributed by atoms with Gasteiger partial charge in [-0.3, -0.25) is 9.59 Å². The quantitative estimate of drug-likeness (QED) is 0.620. The molecule has 0 atom stereocenters. The fourth-order valence-electron chi connectivity index (χ4n) is 2.56. The zero-order chi connectivity index (χ0) is 20.9. The lowest BCUT2D eigenvalue weighted by molar-refractivity contribution is -0.116. The summed E-state index contributed by atoms with van der Waals surface area (Å²) in [7, 11) is 0. The average molecular weight is 396 g/mol. The van der Waals surface area contributed by atoms with Crippen LogP contribution in [0, 0.1) is 0 Å². The Kier molecular flexibility index (Phi) is 6.11. The second-order valence-corrected chi connectivity index (χ2v) is 7.68. The van der Waals surface area contributed by atoms with Crippen LogP contribution in [0.5, 0.6) is 0 Å². The van der Waals surface area contributed by atoms with Crippen LogP contribution >= 0.6 is 0 Å². The topological polar surface area (TPSA) is 110 Å². The molecule has 2 heterocycles. The van der Waals surface area contributed by atoms with Crippen molar-refractivity contribution in [1.82, 2.24) is 10.1 Å². The maximum Gasteiger partial charge on any atom is 0.291 e. The van der Waals surface area contributed by atoms with Gasteiger partial charge in [-0.2, -0.15) is 4.98 Å². The monoisotopic (exact) mass is 396 g/mol. The van der Waals surface area contributed by atoms with Gasteiger partial charge in [-0.25, -0.2) is 0 Å². The molecule has 0 spiro atoms. The summed E-state index contributed by atoms with van der Waals surface area (Å²) < 4.78 is 10.3. The maximum atomic E-state index is 12.2. The molecule has 1 aromatic carbocycles. The van der Waals surface area contributed by atoms with Crippen LogP contribution in [0.4, 0.5) is 11.4 Å². The van der Waals surface area contributed by atoms with Gasteiger partial charge in [0.1, 0.15) is 0 Å². The molecule has 29 heavy (non-hydrogen) atoms. The first-order valence-corrected chi connectivity index (χ1v) is 9.39. The molecule has 0 bridgehead atoms. The first-order valence-electron chi connectivity index (χ1n) is 9.39. The molecule has 0 aliphatic rings. The van der Waals surface area contributed by atoms with Crippen LogP contribution < -0.4 is 10.6 Å². The Labute approximate surface area is 168 Å². The number of nitrogens with zero attached hydrogens (tertiary/aromatic N) is 2. The highest BCUT2D eigenvalue weighted by molar-refractivity contribution is 6.02. The number of carbonyl (C=O) groups is 2. The highest BCUT2D eigenvalue weighted by atomic mass is 16.5. The van der Waals surface area contributed by atoms with Crippen LogP contribution in [-0.2, 0) is 16.6 Å². The molecule has 0 saturated carbocycles. The molecule has 2 aromatic heterocycles. The number of carbonyl (C=O) groups excluding carboxylic acids is 2. The van der Waals surface area contributed by atoms with Crippen LogP contribution in [0.25, 0.3) is 0 Å². The van der Waals surface area contributed by atoms with Crippen molar-refractivity contribution in [3.8, 4) is 0 Å². The molecule has 0 aliphatic carbocycles. The molecule has 3 aromatic rings. The van der Waals surface area contributed by atoms with Gasteiger partial charge in [-0.05, 0) is 36.8 Å². The van der Waals surface area contributed by atoms with Crippen molar-refractivity contribution in [2.24, 2.45) is 0 Å². The third-order valence-electron chi connectivity index (χ3n) is 4.08. The van der Waals surface area contributed by atoms with Crippen molar-refractivity contribution >= 4 is 23.2 Å². The lowest BCUT2D eigenvalue weighted by atomic mass is 9.96. The molecule has 3 rings (SSSR count). The molecule has 8 nitrogen and oxygen atoms in total. The second-order valence-electron chi connectivity index (χ2n) is 7.68. The van der Waals surface area contributed by atoms with Gasteiger partial charge >= 0.3 is 0 Å². The largest absolute Gasteiger partial charge is 0.459 e. The minimum Gasteiger partial charge on any atom is -0.459 e. The van der Waals surface area contributed by atoms with E-state index in [1.54, 1.807) is 36.4 Å². The van der Waals surface area contributed by atoms with E-state index in [0.29, 0.717) is 42.4 Å². The van der Waals surface area contributed by atoms with E-state index in [4.69, 9.17) is 8.94 Å². The third kappa shape index (κ3) is 5.78. The van der Waals surface area contributed by atoms with Crippen LogP contribution in [0.2, 0.25) is 0 Å². The Balaban J connectivity index is 1.48. The Hall–Kier alpha value is -3.42. The minimum absolute atomic E-state index is 0.130. The zero-order valence-electron chi connectivity index (χ0n) is 16.7. The van der Waals surface area contributed by atoms with Crippen molar-refractivity contribution in [3.05, 3.63) is 60.1 Å². The standard InChI is InChI=1S/C21H24N4O4/c1-21(2,3)20-24-18(29-25-20)11-5-10-17(26)22-14-7-4-8-15(13-14)23-19(27)16-9-6-12-28-16/h4,6-9,12-13H,5,10-11H2,1-3H3,(H,22,26)(H,23,27).